The second kappa shape index (κ2) is 7.37. The van der Waals surface area contributed by atoms with Crippen LogP contribution in [0.4, 0.5) is 0 Å². The maximum atomic E-state index is 9.29. The summed E-state index contributed by atoms with van der Waals surface area (Å²) in [5, 5.41) is 9.29. The molecule has 0 fully saturated rings. The van der Waals surface area contributed by atoms with Crippen LogP contribution in [0.2, 0.25) is 0 Å². The van der Waals surface area contributed by atoms with Crippen LogP contribution in [0.15, 0.2) is 0 Å². The van der Waals surface area contributed by atoms with Gasteiger partial charge in [-0.3, -0.25) is 0 Å². The van der Waals surface area contributed by atoms with E-state index in [2.05, 4.69) is 20.8 Å². The summed E-state index contributed by atoms with van der Waals surface area (Å²) in [6.45, 7) is 8.60. The Morgan fingerprint density at radius 2 is 1.62 bits per heavy atom. The molecule has 0 heterocycles. The topological polar surface area (TPSA) is 20.2 Å². The summed E-state index contributed by atoms with van der Waals surface area (Å²) in [4.78, 5) is 0. The normalized spacial score (nSPS) is 18.2. The highest BCUT2D eigenvalue weighted by atomic mass is 16.3. The van der Waals surface area contributed by atoms with Crippen LogP contribution >= 0.6 is 0 Å². The summed E-state index contributed by atoms with van der Waals surface area (Å²) >= 11 is 0. The lowest BCUT2D eigenvalue weighted by Gasteiger charge is -2.15. The Kier molecular flexibility index (Phi) is 7.35. The summed E-state index contributed by atoms with van der Waals surface area (Å²) in [6.07, 6.45) is 6.28. The minimum absolute atomic E-state index is 0.138. The Balaban J connectivity index is 3.33. The van der Waals surface area contributed by atoms with E-state index in [0.717, 1.165) is 5.92 Å². The minimum atomic E-state index is -0.138. The molecule has 1 N–H and O–H groups in total. The Bertz CT molecular complexity index is 110. The van der Waals surface area contributed by atoms with Gasteiger partial charge < -0.3 is 5.11 Å². The van der Waals surface area contributed by atoms with Crippen molar-refractivity contribution in [3.05, 3.63) is 0 Å². The zero-order valence-electron chi connectivity index (χ0n) is 9.71. The third-order valence-corrected chi connectivity index (χ3v) is 2.96. The van der Waals surface area contributed by atoms with Crippen LogP contribution in [0.1, 0.15) is 59.8 Å². The average Bonchev–Trinajstić information content (AvgIpc) is 2.04. The van der Waals surface area contributed by atoms with E-state index in [9.17, 15) is 5.11 Å². The van der Waals surface area contributed by atoms with Crippen LogP contribution in [0.5, 0.6) is 0 Å². The summed E-state index contributed by atoms with van der Waals surface area (Å²) < 4.78 is 0. The third kappa shape index (κ3) is 7.06. The predicted molar refractivity (Wildman–Crippen MR) is 58.8 cm³/mol. The molecule has 0 aliphatic heterocycles. The van der Waals surface area contributed by atoms with Gasteiger partial charge >= 0.3 is 0 Å². The lowest BCUT2D eigenvalue weighted by molar-refractivity contribution is 0.127. The molecule has 1 nitrogen and oxygen atoms in total. The van der Waals surface area contributed by atoms with Gasteiger partial charge in [-0.25, -0.2) is 0 Å². The van der Waals surface area contributed by atoms with Gasteiger partial charge in [-0.1, -0.05) is 46.5 Å². The van der Waals surface area contributed by atoms with Gasteiger partial charge in [0.25, 0.3) is 0 Å². The maximum Gasteiger partial charge on any atom is 0.0537 e. The number of hydrogen-bond acceptors (Lipinski definition) is 1. The maximum absolute atomic E-state index is 9.29. The smallest absolute Gasteiger partial charge is 0.0537 e. The van der Waals surface area contributed by atoms with Crippen LogP contribution in [-0.2, 0) is 0 Å². The predicted octanol–water partition coefficient (Wildman–Crippen LogP) is 3.61. The van der Waals surface area contributed by atoms with Crippen molar-refractivity contribution in [1.29, 1.82) is 0 Å². The molecule has 0 aromatic heterocycles. The Hall–Kier alpha value is -0.0400. The average molecular weight is 186 g/mol. The summed E-state index contributed by atoms with van der Waals surface area (Å²) in [5.41, 5.74) is 0. The molecule has 80 valence electrons. The van der Waals surface area contributed by atoms with Crippen molar-refractivity contribution < 1.29 is 5.11 Å². The van der Waals surface area contributed by atoms with Gasteiger partial charge in [-0.2, -0.15) is 0 Å². The van der Waals surface area contributed by atoms with Crippen molar-refractivity contribution in [2.24, 2.45) is 11.8 Å². The molecular formula is C12H26O. The zero-order valence-corrected chi connectivity index (χ0v) is 9.71. The highest BCUT2D eigenvalue weighted by molar-refractivity contribution is 4.60. The Morgan fingerprint density at radius 3 is 2.08 bits per heavy atom. The number of rotatable bonds is 7. The molecule has 3 atom stereocenters. The number of hydrogen-bond donors (Lipinski definition) is 1. The van der Waals surface area contributed by atoms with Crippen molar-refractivity contribution in [2.45, 2.75) is 65.9 Å². The van der Waals surface area contributed by atoms with Gasteiger partial charge in [-0.05, 0) is 25.2 Å². The molecule has 1 heteroatoms. The Labute approximate surface area is 83.5 Å². The fourth-order valence-electron chi connectivity index (χ4n) is 1.67. The molecule has 0 saturated heterocycles. The monoisotopic (exact) mass is 186 g/mol. The zero-order chi connectivity index (χ0) is 10.3. The largest absolute Gasteiger partial charge is 0.393 e. The summed E-state index contributed by atoms with van der Waals surface area (Å²) in [5.74, 6) is 1.33. The first-order valence-corrected chi connectivity index (χ1v) is 5.76. The highest BCUT2D eigenvalue weighted by Crippen LogP contribution is 2.18. The second-order valence-electron chi connectivity index (χ2n) is 4.54. The molecular weight excluding hydrogens is 160 g/mol. The SMILES string of the molecule is CCCC(C)CCCC(C)C(C)O. The van der Waals surface area contributed by atoms with E-state index in [0.29, 0.717) is 5.92 Å². The van der Waals surface area contributed by atoms with E-state index >= 15 is 0 Å². The van der Waals surface area contributed by atoms with Gasteiger partial charge in [-0.15, -0.1) is 0 Å². The van der Waals surface area contributed by atoms with Crippen molar-refractivity contribution >= 4 is 0 Å². The number of aliphatic hydroxyl groups excluding tert-OH is 1. The molecule has 13 heavy (non-hydrogen) atoms. The molecule has 0 saturated carbocycles. The fraction of sp³-hybridized carbons (Fsp3) is 1.00. The van der Waals surface area contributed by atoms with Crippen LogP contribution in [-0.4, -0.2) is 11.2 Å². The van der Waals surface area contributed by atoms with Crippen LogP contribution < -0.4 is 0 Å². The minimum Gasteiger partial charge on any atom is -0.393 e. The molecule has 0 rings (SSSR count). The molecule has 0 radical (unpaired) electrons. The molecule has 0 aliphatic rings. The first-order chi connectivity index (χ1) is 6.07. The van der Waals surface area contributed by atoms with E-state index in [-0.39, 0.29) is 6.10 Å². The van der Waals surface area contributed by atoms with E-state index < -0.39 is 0 Å². The van der Waals surface area contributed by atoms with E-state index in [1.54, 1.807) is 0 Å². The molecule has 0 bridgehead atoms. The van der Waals surface area contributed by atoms with Gasteiger partial charge in [0.15, 0.2) is 0 Å². The van der Waals surface area contributed by atoms with Crippen LogP contribution in [0.3, 0.4) is 0 Å². The van der Waals surface area contributed by atoms with Gasteiger partial charge in [0.2, 0.25) is 0 Å². The molecule has 3 unspecified atom stereocenters. The van der Waals surface area contributed by atoms with Gasteiger partial charge in [0.1, 0.15) is 0 Å². The lowest BCUT2D eigenvalue weighted by atomic mass is 9.94. The highest BCUT2D eigenvalue weighted by Gasteiger charge is 2.08. The number of aliphatic hydroxyl groups is 1. The molecule has 0 spiro atoms. The van der Waals surface area contributed by atoms with Crippen molar-refractivity contribution in [3.63, 3.8) is 0 Å². The molecule has 0 aromatic carbocycles. The fourth-order valence-corrected chi connectivity index (χ4v) is 1.67. The van der Waals surface area contributed by atoms with Gasteiger partial charge in [0.05, 0.1) is 6.10 Å². The molecule has 0 amide bonds. The van der Waals surface area contributed by atoms with Crippen molar-refractivity contribution in [2.75, 3.05) is 0 Å². The van der Waals surface area contributed by atoms with Gasteiger partial charge in [0, 0.05) is 0 Å². The standard InChI is InChI=1S/C12H26O/c1-5-7-10(2)8-6-9-11(3)12(4)13/h10-13H,5-9H2,1-4H3. The van der Waals surface area contributed by atoms with Crippen LogP contribution in [0.25, 0.3) is 0 Å². The first kappa shape index (κ1) is 13.0. The Morgan fingerprint density at radius 1 is 1.00 bits per heavy atom. The van der Waals surface area contributed by atoms with Crippen molar-refractivity contribution in [3.8, 4) is 0 Å². The molecule has 0 aliphatic carbocycles. The summed E-state index contributed by atoms with van der Waals surface area (Å²) in [7, 11) is 0. The van der Waals surface area contributed by atoms with Crippen LogP contribution in [0, 0.1) is 11.8 Å². The van der Waals surface area contributed by atoms with E-state index in [1.165, 1.54) is 32.1 Å². The lowest BCUT2D eigenvalue weighted by Crippen LogP contribution is -2.13. The second-order valence-corrected chi connectivity index (χ2v) is 4.54. The summed E-state index contributed by atoms with van der Waals surface area (Å²) in [6, 6.07) is 0. The molecule has 0 aromatic rings. The van der Waals surface area contributed by atoms with Crippen molar-refractivity contribution in [1.82, 2.24) is 0 Å². The van der Waals surface area contributed by atoms with E-state index in [1.807, 2.05) is 6.92 Å². The first-order valence-electron chi connectivity index (χ1n) is 5.76. The quantitative estimate of drug-likeness (QED) is 0.644. The third-order valence-electron chi connectivity index (χ3n) is 2.96. The van der Waals surface area contributed by atoms with E-state index in [4.69, 9.17) is 0 Å².